The van der Waals surface area contributed by atoms with Gasteiger partial charge in [0.15, 0.2) is 0 Å². The largest absolute Gasteiger partial charge is 0.255 e. The van der Waals surface area contributed by atoms with Gasteiger partial charge in [-0.15, -0.1) is 0 Å². The van der Waals surface area contributed by atoms with Crippen molar-refractivity contribution in [1.82, 2.24) is 0 Å². The molecule has 1 aromatic rings. The van der Waals surface area contributed by atoms with Crippen molar-refractivity contribution in [2.75, 3.05) is 0 Å². The highest BCUT2D eigenvalue weighted by atomic mass is 17.0. The molecule has 2 nitrogen and oxygen atoms in total. The van der Waals surface area contributed by atoms with E-state index in [1.165, 1.54) is 11.1 Å². The van der Waals surface area contributed by atoms with Crippen LogP contribution in [0.4, 0.5) is 0 Å². The molecule has 0 amide bonds. The van der Waals surface area contributed by atoms with Crippen LogP contribution in [0.3, 0.4) is 0 Å². The molecule has 0 aliphatic rings. The molecule has 0 saturated carbocycles. The Labute approximate surface area is 79.8 Å². The summed E-state index contributed by atoms with van der Waals surface area (Å²) < 4.78 is 0. The number of hydrogen-bond donors (Lipinski definition) is 2. The molecule has 0 saturated heterocycles. The van der Waals surface area contributed by atoms with E-state index in [1.807, 2.05) is 0 Å². The summed E-state index contributed by atoms with van der Waals surface area (Å²) in [5, 5.41) is 12.0. The maximum absolute atomic E-state index is 6.00. The Balaban J connectivity index is 0.000000671. The van der Waals surface area contributed by atoms with Gasteiger partial charge in [0.2, 0.25) is 0 Å². The average Bonchev–Trinajstić information content (AvgIpc) is 2.20. The monoisotopic (exact) mass is 182 g/mol. The molecule has 0 bridgehead atoms. The topological polar surface area (TPSA) is 40.5 Å². The van der Waals surface area contributed by atoms with Gasteiger partial charge in [-0.05, 0) is 23.5 Å². The zero-order chi connectivity index (χ0) is 10.3. The fourth-order valence-corrected chi connectivity index (χ4v) is 1.42. The standard InChI is InChI=1S/C11H16.H2O2/c1-4-10-7-5-6-8-11(10)9(2)3;1-2/h5-9H,4H2,1-3H3;1-2H. The lowest BCUT2D eigenvalue weighted by molar-refractivity contribution is -0.176. The van der Waals surface area contributed by atoms with Crippen LogP contribution >= 0.6 is 0 Å². The predicted octanol–water partition coefficient (Wildman–Crippen LogP) is 3.39. The summed E-state index contributed by atoms with van der Waals surface area (Å²) in [6.07, 6.45) is 1.15. The van der Waals surface area contributed by atoms with Crippen LogP contribution in [0.25, 0.3) is 0 Å². The van der Waals surface area contributed by atoms with E-state index in [9.17, 15) is 0 Å². The van der Waals surface area contributed by atoms with Crippen molar-refractivity contribution in [2.45, 2.75) is 33.1 Å². The van der Waals surface area contributed by atoms with Crippen molar-refractivity contribution in [3.63, 3.8) is 0 Å². The minimum Gasteiger partial charge on any atom is -0.255 e. The van der Waals surface area contributed by atoms with E-state index < -0.39 is 0 Å². The van der Waals surface area contributed by atoms with E-state index in [0.717, 1.165) is 6.42 Å². The molecule has 0 aliphatic heterocycles. The SMILES string of the molecule is CCc1ccccc1C(C)C.OO. The summed E-state index contributed by atoms with van der Waals surface area (Å²) in [5.74, 6) is 0.658. The minimum absolute atomic E-state index is 0.658. The Bertz CT molecular complexity index is 231. The zero-order valence-corrected chi connectivity index (χ0v) is 8.49. The lowest BCUT2D eigenvalue weighted by Crippen LogP contribution is -1.93. The molecule has 1 aromatic carbocycles. The first kappa shape index (κ1) is 12.1. The smallest absolute Gasteiger partial charge is 0.0216 e. The first-order valence-electron chi connectivity index (χ1n) is 4.53. The predicted molar refractivity (Wildman–Crippen MR) is 55.2 cm³/mol. The molecule has 2 N–H and O–H groups in total. The average molecular weight is 182 g/mol. The highest BCUT2D eigenvalue weighted by molar-refractivity contribution is 5.29. The summed E-state index contributed by atoms with van der Waals surface area (Å²) in [6.45, 7) is 6.70. The summed E-state index contributed by atoms with van der Waals surface area (Å²) in [5.41, 5.74) is 2.98. The number of rotatable bonds is 2. The van der Waals surface area contributed by atoms with Crippen LogP contribution in [-0.4, -0.2) is 10.5 Å². The van der Waals surface area contributed by atoms with E-state index in [4.69, 9.17) is 10.5 Å². The number of benzene rings is 1. The molecule has 0 heterocycles. The van der Waals surface area contributed by atoms with Crippen molar-refractivity contribution < 1.29 is 10.5 Å². The van der Waals surface area contributed by atoms with E-state index in [0.29, 0.717) is 5.92 Å². The van der Waals surface area contributed by atoms with Crippen molar-refractivity contribution in [3.05, 3.63) is 35.4 Å². The normalized spacial score (nSPS) is 9.38. The third kappa shape index (κ3) is 3.57. The number of aryl methyl sites for hydroxylation is 1. The summed E-state index contributed by atoms with van der Waals surface area (Å²) in [6, 6.07) is 8.68. The summed E-state index contributed by atoms with van der Waals surface area (Å²) in [4.78, 5) is 0. The van der Waals surface area contributed by atoms with Crippen LogP contribution in [0.1, 0.15) is 37.8 Å². The second-order valence-electron chi connectivity index (χ2n) is 3.21. The van der Waals surface area contributed by atoms with E-state index in [-0.39, 0.29) is 0 Å². The van der Waals surface area contributed by atoms with Crippen LogP contribution in [0, 0.1) is 0 Å². The van der Waals surface area contributed by atoms with Gasteiger partial charge in [0.05, 0.1) is 0 Å². The van der Waals surface area contributed by atoms with Gasteiger partial charge in [-0.3, -0.25) is 10.5 Å². The van der Waals surface area contributed by atoms with E-state index in [1.54, 1.807) is 0 Å². The Morgan fingerprint density at radius 3 is 2.08 bits per heavy atom. The molecule has 0 fully saturated rings. The molecule has 1 rings (SSSR count). The summed E-state index contributed by atoms with van der Waals surface area (Å²) >= 11 is 0. The first-order valence-corrected chi connectivity index (χ1v) is 4.53. The lowest BCUT2D eigenvalue weighted by atomic mass is 9.96. The van der Waals surface area contributed by atoms with Gasteiger partial charge in [-0.25, -0.2) is 0 Å². The van der Waals surface area contributed by atoms with Crippen LogP contribution in [0.15, 0.2) is 24.3 Å². The van der Waals surface area contributed by atoms with E-state index in [2.05, 4.69) is 45.0 Å². The molecule has 74 valence electrons. The third-order valence-electron chi connectivity index (χ3n) is 2.06. The van der Waals surface area contributed by atoms with Crippen LogP contribution in [0.5, 0.6) is 0 Å². The van der Waals surface area contributed by atoms with Crippen LogP contribution < -0.4 is 0 Å². The fourth-order valence-electron chi connectivity index (χ4n) is 1.42. The van der Waals surface area contributed by atoms with Crippen LogP contribution in [-0.2, 0) is 6.42 Å². The quantitative estimate of drug-likeness (QED) is 0.543. The Hall–Kier alpha value is -0.860. The van der Waals surface area contributed by atoms with Crippen molar-refractivity contribution in [3.8, 4) is 0 Å². The molecule has 0 atom stereocenters. The van der Waals surface area contributed by atoms with Crippen molar-refractivity contribution in [2.24, 2.45) is 0 Å². The number of hydrogen-bond acceptors (Lipinski definition) is 2. The molecular weight excluding hydrogens is 164 g/mol. The molecule has 0 aromatic heterocycles. The fraction of sp³-hybridized carbons (Fsp3) is 0.455. The maximum Gasteiger partial charge on any atom is -0.0216 e. The van der Waals surface area contributed by atoms with Gasteiger partial charge < -0.3 is 0 Å². The highest BCUT2D eigenvalue weighted by Crippen LogP contribution is 2.18. The van der Waals surface area contributed by atoms with Gasteiger partial charge >= 0.3 is 0 Å². The Morgan fingerprint density at radius 2 is 1.69 bits per heavy atom. The molecule has 0 radical (unpaired) electrons. The second-order valence-corrected chi connectivity index (χ2v) is 3.21. The first-order chi connectivity index (χ1) is 6.25. The van der Waals surface area contributed by atoms with E-state index >= 15 is 0 Å². The second kappa shape index (κ2) is 6.63. The molecular formula is C11H18O2. The molecule has 0 spiro atoms. The molecule has 2 heteroatoms. The molecule has 0 aliphatic carbocycles. The van der Waals surface area contributed by atoms with Crippen molar-refractivity contribution in [1.29, 1.82) is 0 Å². The van der Waals surface area contributed by atoms with Gasteiger partial charge in [0.25, 0.3) is 0 Å². The lowest BCUT2D eigenvalue weighted by Gasteiger charge is -2.09. The van der Waals surface area contributed by atoms with Gasteiger partial charge in [-0.1, -0.05) is 45.0 Å². The maximum atomic E-state index is 6.00. The van der Waals surface area contributed by atoms with Crippen LogP contribution in [0.2, 0.25) is 0 Å². The summed E-state index contributed by atoms with van der Waals surface area (Å²) in [7, 11) is 0. The molecule has 13 heavy (non-hydrogen) atoms. The Kier molecular flexibility index (Phi) is 6.20. The van der Waals surface area contributed by atoms with Crippen molar-refractivity contribution >= 4 is 0 Å². The minimum atomic E-state index is 0.658. The third-order valence-corrected chi connectivity index (χ3v) is 2.06. The highest BCUT2D eigenvalue weighted by Gasteiger charge is 2.02. The van der Waals surface area contributed by atoms with Gasteiger partial charge in [0.1, 0.15) is 0 Å². The Morgan fingerprint density at radius 1 is 1.15 bits per heavy atom. The van der Waals surface area contributed by atoms with Gasteiger partial charge in [0, 0.05) is 0 Å². The zero-order valence-electron chi connectivity index (χ0n) is 8.49. The molecule has 0 unspecified atom stereocenters. The van der Waals surface area contributed by atoms with Gasteiger partial charge in [-0.2, -0.15) is 0 Å².